The second-order valence-electron chi connectivity index (χ2n) is 2.58. The molecule has 0 saturated carbocycles. The molecule has 0 aromatic heterocycles. The van der Waals surface area contributed by atoms with Gasteiger partial charge in [-0.2, -0.15) is 0 Å². The molecule has 7 nitrogen and oxygen atoms in total. The van der Waals surface area contributed by atoms with Crippen molar-refractivity contribution in [3.8, 4) is 5.75 Å². The molecule has 0 aliphatic heterocycles. The number of phenols is 1. The van der Waals surface area contributed by atoms with Gasteiger partial charge in [0.15, 0.2) is 0 Å². The van der Waals surface area contributed by atoms with Crippen LogP contribution >= 0.6 is 0 Å². The summed E-state index contributed by atoms with van der Waals surface area (Å²) in [5.41, 5.74) is -0.213. The fourth-order valence-corrected chi connectivity index (χ4v) is 0.900. The normalized spacial score (nSPS) is 9.40. The number of aromatic hydroxyl groups is 1. The van der Waals surface area contributed by atoms with Crippen molar-refractivity contribution in [2.75, 3.05) is 12.4 Å². The number of benzene rings is 1. The van der Waals surface area contributed by atoms with Gasteiger partial charge in [-0.05, 0) is 6.07 Å². The minimum atomic E-state index is -0.765. The van der Waals surface area contributed by atoms with E-state index in [1.807, 2.05) is 0 Å². The minimum absolute atomic E-state index is 0.0486. The Kier molecular flexibility index (Phi) is 3.06. The standard InChI is InChI=1S/C8H8N2O5/c1-15-8(12)9-6-3-2-5(10(13)14)4-7(6)11/h2-4,11H,1H3,(H,9,12). The van der Waals surface area contributed by atoms with Crippen LogP contribution in [0.15, 0.2) is 18.2 Å². The number of ether oxygens (including phenoxy) is 1. The molecule has 0 bridgehead atoms. The lowest BCUT2D eigenvalue weighted by Crippen LogP contribution is -2.10. The first-order valence-electron chi connectivity index (χ1n) is 3.87. The molecule has 2 N–H and O–H groups in total. The highest BCUT2D eigenvalue weighted by Crippen LogP contribution is 2.27. The van der Waals surface area contributed by atoms with Crippen molar-refractivity contribution in [1.29, 1.82) is 0 Å². The molecule has 1 amide bonds. The Morgan fingerprint density at radius 1 is 1.60 bits per heavy atom. The third-order valence-corrected chi connectivity index (χ3v) is 1.61. The van der Waals surface area contributed by atoms with Gasteiger partial charge in [0.05, 0.1) is 23.8 Å². The molecule has 0 saturated heterocycles. The SMILES string of the molecule is COC(=O)Nc1ccc([N+](=O)[O-])cc1O. The lowest BCUT2D eigenvalue weighted by molar-refractivity contribution is -0.384. The van der Waals surface area contributed by atoms with Gasteiger partial charge in [-0.1, -0.05) is 0 Å². The average Bonchev–Trinajstić information content (AvgIpc) is 2.20. The predicted molar refractivity (Wildman–Crippen MR) is 50.8 cm³/mol. The third-order valence-electron chi connectivity index (χ3n) is 1.61. The van der Waals surface area contributed by atoms with Crippen LogP contribution in [-0.4, -0.2) is 23.2 Å². The first-order chi connectivity index (χ1) is 7.04. The lowest BCUT2D eigenvalue weighted by atomic mass is 10.2. The highest BCUT2D eigenvalue weighted by Gasteiger charge is 2.11. The van der Waals surface area contributed by atoms with Gasteiger partial charge in [0, 0.05) is 6.07 Å². The second-order valence-corrected chi connectivity index (χ2v) is 2.58. The number of phenolic OH excluding ortho intramolecular Hbond substituents is 1. The van der Waals surface area contributed by atoms with E-state index >= 15 is 0 Å². The molecule has 7 heteroatoms. The van der Waals surface area contributed by atoms with Crippen molar-refractivity contribution >= 4 is 17.5 Å². The minimum Gasteiger partial charge on any atom is -0.506 e. The number of nitro groups is 1. The summed E-state index contributed by atoms with van der Waals surface area (Å²) >= 11 is 0. The molecule has 0 aliphatic carbocycles. The molecule has 1 aromatic carbocycles. The van der Waals surface area contributed by atoms with Crippen molar-refractivity contribution in [3.63, 3.8) is 0 Å². The van der Waals surface area contributed by atoms with E-state index in [4.69, 9.17) is 0 Å². The topological polar surface area (TPSA) is 102 Å². The number of nitro benzene ring substituents is 1. The number of nitrogens with zero attached hydrogens (tertiary/aromatic N) is 1. The van der Waals surface area contributed by atoms with Crippen molar-refractivity contribution in [2.45, 2.75) is 0 Å². The molecule has 0 unspecified atom stereocenters. The molecule has 0 spiro atoms. The van der Waals surface area contributed by atoms with Crippen LogP contribution in [0.25, 0.3) is 0 Å². The van der Waals surface area contributed by atoms with Crippen LogP contribution in [0.5, 0.6) is 5.75 Å². The number of methoxy groups -OCH3 is 1. The molecule has 1 aromatic rings. The Bertz CT molecular complexity index is 404. The summed E-state index contributed by atoms with van der Waals surface area (Å²) in [5.74, 6) is -0.394. The number of carbonyl (C=O) groups excluding carboxylic acids is 1. The molecular formula is C8H8N2O5. The van der Waals surface area contributed by atoms with Gasteiger partial charge >= 0.3 is 6.09 Å². The van der Waals surface area contributed by atoms with Gasteiger partial charge in [-0.15, -0.1) is 0 Å². The number of non-ortho nitro benzene ring substituents is 1. The quantitative estimate of drug-likeness (QED) is 0.439. The van der Waals surface area contributed by atoms with Crippen molar-refractivity contribution in [1.82, 2.24) is 0 Å². The molecule has 0 aliphatic rings. The van der Waals surface area contributed by atoms with E-state index < -0.39 is 16.8 Å². The maximum atomic E-state index is 10.8. The van der Waals surface area contributed by atoms with Crippen LogP contribution in [-0.2, 0) is 4.74 Å². The van der Waals surface area contributed by atoms with E-state index in [2.05, 4.69) is 10.1 Å². The largest absolute Gasteiger partial charge is 0.506 e. The number of rotatable bonds is 2. The summed E-state index contributed by atoms with van der Waals surface area (Å²) in [5, 5.41) is 21.8. The highest BCUT2D eigenvalue weighted by atomic mass is 16.6. The number of amides is 1. The van der Waals surface area contributed by atoms with E-state index in [0.717, 1.165) is 19.2 Å². The molecule has 0 radical (unpaired) electrons. The Morgan fingerprint density at radius 2 is 2.27 bits per heavy atom. The van der Waals surface area contributed by atoms with Crippen LogP contribution in [0.3, 0.4) is 0 Å². The first-order valence-corrected chi connectivity index (χ1v) is 3.87. The fourth-order valence-electron chi connectivity index (χ4n) is 0.900. The third kappa shape index (κ3) is 2.56. The van der Waals surface area contributed by atoms with Crippen LogP contribution in [0.1, 0.15) is 0 Å². The Morgan fingerprint density at radius 3 is 2.73 bits per heavy atom. The summed E-state index contributed by atoms with van der Waals surface area (Å²) in [7, 11) is 1.16. The Balaban J connectivity index is 2.93. The summed E-state index contributed by atoms with van der Waals surface area (Å²) in [6, 6.07) is 3.31. The van der Waals surface area contributed by atoms with E-state index in [1.54, 1.807) is 0 Å². The van der Waals surface area contributed by atoms with Crippen LogP contribution in [0.4, 0.5) is 16.2 Å². The van der Waals surface area contributed by atoms with Gasteiger partial charge in [0.2, 0.25) is 0 Å². The Hall–Kier alpha value is -2.31. The monoisotopic (exact) mass is 212 g/mol. The smallest absolute Gasteiger partial charge is 0.411 e. The average molecular weight is 212 g/mol. The van der Waals surface area contributed by atoms with Gasteiger partial charge in [-0.3, -0.25) is 15.4 Å². The molecule has 80 valence electrons. The number of nitrogens with one attached hydrogen (secondary N) is 1. The van der Waals surface area contributed by atoms with Crippen LogP contribution in [0.2, 0.25) is 0 Å². The summed E-state index contributed by atoms with van der Waals surface area (Å²) in [6.07, 6.45) is -0.765. The van der Waals surface area contributed by atoms with Crippen molar-refractivity contribution < 1.29 is 19.6 Å². The van der Waals surface area contributed by atoms with Gasteiger partial charge in [-0.25, -0.2) is 4.79 Å². The maximum Gasteiger partial charge on any atom is 0.411 e. The number of carbonyl (C=O) groups is 1. The highest BCUT2D eigenvalue weighted by molar-refractivity contribution is 5.86. The van der Waals surface area contributed by atoms with E-state index in [-0.39, 0.29) is 11.4 Å². The van der Waals surface area contributed by atoms with E-state index in [9.17, 15) is 20.0 Å². The van der Waals surface area contributed by atoms with Gasteiger partial charge < -0.3 is 9.84 Å². The van der Waals surface area contributed by atoms with Gasteiger partial charge in [0.1, 0.15) is 5.75 Å². The van der Waals surface area contributed by atoms with Crippen LogP contribution < -0.4 is 5.32 Å². The molecule has 0 fully saturated rings. The van der Waals surface area contributed by atoms with Crippen molar-refractivity contribution in [3.05, 3.63) is 28.3 Å². The zero-order chi connectivity index (χ0) is 11.4. The first kappa shape index (κ1) is 10.8. The van der Waals surface area contributed by atoms with E-state index in [0.29, 0.717) is 0 Å². The zero-order valence-electron chi connectivity index (χ0n) is 7.76. The summed E-state index contributed by atoms with van der Waals surface area (Å²) < 4.78 is 4.29. The Labute approximate surface area is 84.4 Å². The zero-order valence-corrected chi connectivity index (χ0v) is 7.76. The maximum absolute atomic E-state index is 10.8. The fraction of sp³-hybridized carbons (Fsp3) is 0.125. The molecule has 15 heavy (non-hydrogen) atoms. The molecule has 0 heterocycles. The summed E-state index contributed by atoms with van der Waals surface area (Å²) in [6.45, 7) is 0. The predicted octanol–water partition coefficient (Wildman–Crippen LogP) is 1.48. The van der Waals surface area contributed by atoms with Crippen LogP contribution in [0, 0.1) is 10.1 Å². The second kappa shape index (κ2) is 4.27. The van der Waals surface area contributed by atoms with Crippen molar-refractivity contribution in [2.24, 2.45) is 0 Å². The molecule has 0 atom stereocenters. The number of hydrogen-bond donors (Lipinski definition) is 2. The number of hydrogen-bond acceptors (Lipinski definition) is 5. The lowest BCUT2D eigenvalue weighted by Gasteiger charge is -2.04. The molecule has 1 rings (SSSR count). The molecular weight excluding hydrogens is 204 g/mol. The van der Waals surface area contributed by atoms with E-state index in [1.165, 1.54) is 6.07 Å². The number of anilines is 1. The van der Waals surface area contributed by atoms with Gasteiger partial charge in [0.25, 0.3) is 5.69 Å². The summed E-state index contributed by atoms with van der Waals surface area (Å²) in [4.78, 5) is 20.4.